The zero-order chi connectivity index (χ0) is 13.7. The molecule has 0 atom stereocenters. The van der Waals surface area contributed by atoms with E-state index in [9.17, 15) is 0 Å². The Morgan fingerprint density at radius 1 is 0.947 bits per heavy atom. The van der Waals surface area contributed by atoms with E-state index in [0.29, 0.717) is 0 Å². The molecule has 0 amide bonds. The number of nitrogens with one attached hydrogen (secondary N) is 1. The van der Waals surface area contributed by atoms with Gasteiger partial charge in [-0.15, -0.1) is 0 Å². The summed E-state index contributed by atoms with van der Waals surface area (Å²) in [7, 11) is 4.14. The number of hydrogen-bond donors (Lipinski definition) is 1. The second kappa shape index (κ2) is 6.39. The van der Waals surface area contributed by atoms with Gasteiger partial charge in [0.2, 0.25) is 0 Å². The van der Waals surface area contributed by atoms with Gasteiger partial charge in [0, 0.05) is 25.8 Å². The normalized spacial score (nSPS) is 10.5. The molecular formula is C17H22N2. The highest BCUT2D eigenvalue weighted by Gasteiger charge is 2.07. The van der Waals surface area contributed by atoms with Crippen molar-refractivity contribution in [1.29, 1.82) is 0 Å². The molecule has 19 heavy (non-hydrogen) atoms. The minimum Gasteiger partial charge on any atom is -0.370 e. The molecule has 0 saturated carbocycles. The first-order valence-corrected chi connectivity index (χ1v) is 6.70. The van der Waals surface area contributed by atoms with Gasteiger partial charge in [-0.2, -0.15) is 0 Å². The van der Waals surface area contributed by atoms with Crippen LogP contribution >= 0.6 is 0 Å². The van der Waals surface area contributed by atoms with Gasteiger partial charge in [0.25, 0.3) is 0 Å². The zero-order valence-electron chi connectivity index (χ0n) is 12.0. The van der Waals surface area contributed by atoms with Crippen LogP contribution in [0.15, 0.2) is 48.5 Å². The molecule has 0 heterocycles. The van der Waals surface area contributed by atoms with Gasteiger partial charge in [-0.25, -0.2) is 0 Å². The first-order valence-electron chi connectivity index (χ1n) is 6.70. The summed E-state index contributed by atoms with van der Waals surface area (Å²) < 4.78 is 0. The van der Waals surface area contributed by atoms with Crippen LogP contribution in [0.2, 0.25) is 0 Å². The van der Waals surface area contributed by atoms with Crippen LogP contribution in [0.25, 0.3) is 0 Å². The van der Waals surface area contributed by atoms with Crippen molar-refractivity contribution in [2.75, 3.05) is 19.0 Å². The average molecular weight is 254 g/mol. The van der Waals surface area contributed by atoms with E-state index >= 15 is 0 Å². The Kier molecular flexibility index (Phi) is 4.58. The Balaban J connectivity index is 2.20. The molecule has 1 N–H and O–H groups in total. The van der Waals surface area contributed by atoms with E-state index in [1.54, 1.807) is 0 Å². The van der Waals surface area contributed by atoms with Crippen molar-refractivity contribution >= 4 is 5.69 Å². The van der Waals surface area contributed by atoms with Crippen LogP contribution in [0.1, 0.15) is 16.7 Å². The molecule has 2 heteroatoms. The summed E-state index contributed by atoms with van der Waals surface area (Å²) in [4.78, 5) is 2.31. The number of benzene rings is 2. The van der Waals surface area contributed by atoms with E-state index in [1.807, 2.05) is 7.05 Å². The number of aryl methyl sites for hydroxylation is 1. The van der Waals surface area contributed by atoms with Crippen LogP contribution in [-0.4, -0.2) is 14.1 Å². The highest BCUT2D eigenvalue weighted by atomic mass is 15.1. The van der Waals surface area contributed by atoms with Crippen molar-refractivity contribution in [1.82, 2.24) is 5.32 Å². The average Bonchev–Trinajstić information content (AvgIpc) is 2.42. The molecule has 100 valence electrons. The van der Waals surface area contributed by atoms with Crippen LogP contribution in [0.3, 0.4) is 0 Å². The van der Waals surface area contributed by atoms with E-state index in [1.165, 1.54) is 22.4 Å². The van der Waals surface area contributed by atoms with E-state index in [0.717, 1.165) is 13.1 Å². The predicted molar refractivity (Wildman–Crippen MR) is 82.5 cm³/mol. The molecule has 2 aromatic carbocycles. The molecule has 0 bridgehead atoms. The maximum absolute atomic E-state index is 3.23. The third kappa shape index (κ3) is 3.36. The van der Waals surface area contributed by atoms with Gasteiger partial charge in [-0.05, 0) is 36.7 Å². The molecule has 0 aliphatic carbocycles. The minimum absolute atomic E-state index is 0.897. The third-order valence-electron chi connectivity index (χ3n) is 3.44. The molecule has 0 aliphatic rings. The van der Waals surface area contributed by atoms with Crippen LogP contribution in [0.5, 0.6) is 0 Å². The topological polar surface area (TPSA) is 15.3 Å². The van der Waals surface area contributed by atoms with Crippen molar-refractivity contribution in [2.45, 2.75) is 20.0 Å². The largest absolute Gasteiger partial charge is 0.370 e. The van der Waals surface area contributed by atoms with Gasteiger partial charge in [0.1, 0.15) is 0 Å². The Bertz CT molecular complexity index is 534. The van der Waals surface area contributed by atoms with Crippen LogP contribution in [0.4, 0.5) is 5.69 Å². The maximum Gasteiger partial charge on any atom is 0.0428 e. The van der Waals surface area contributed by atoms with Crippen molar-refractivity contribution in [3.8, 4) is 0 Å². The van der Waals surface area contributed by atoms with Gasteiger partial charge in [-0.1, -0.05) is 42.5 Å². The van der Waals surface area contributed by atoms with Gasteiger partial charge in [0.05, 0.1) is 0 Å². The molecule has 0 fully saturated rings. The summed E-state index contributed by atoms with van der Waals surface area (Å²) in [5.74, 6) is 0. The SMILES string of the molecule is CNCc1ccccc1N(C)Cc1ccccc1C. The number of rotatable bonds is 5. The van der Waals surface area contributed by atoms with Crippen LogP contribution < -0.4 is 10.2 Å². The molecule has 0 radical (unpaired) electrons. The molecule has 2 nitrogen and oxygen atoms in total. The molecule has 2 aromatic rings. The molecular weight excluding hydrogens is 232 g/mol. The number of anilines is 1. The summed E-state index contributed by atoms with van der Waals surface area (Å²) in [6, 6.07) is 17.1. The first-order chi connectivity index (χ1) is 9.22. The predicted octanol–water partition coefficient (Wildman–Crippen LogP) is 3.35. The van der Waals surface area contributed by atoms with Crippen LogP contribution in [-0.2, 0) is 13.1 Å². The van der Waals surface area contributed by atoms with E-state index < -0.39 is 0 Å². The lowest BCUT2D eigenvalue weighted by molar-refractivity contribution is 0.805. The van der Waals surface area contributed by atoms with Gasteiger partial charge in [-0.3, -0.25) is 0 Å². The minimum atomic E-state index is 0.897. The summed E-state index contributed by atoms with van der Waals surface area (Å²) in [6.45, 7) is 4.00. The molecule has 0 spiro atoms. The monoisotopic (exact) mass is 254 g/mol. The second-order valence-electron chi connectivity index (χ2n) is 4.94. The Hall–Kier alpha value is -1.80. The fraction of sp³-hybridized carbons (Fsp3) is 0.294. The maximum atomic E-state index is 3.23. The van der Waals surface area contributed by atoms with Crippen molar-refractivity contribution in [2.24, 2.45) is 0 Å². The van der Waals surface area contributed by atoms with E-state index in [2.05, 4.69) is 72.7 Å². The molecule has 0 aliphatic heterocycles. The van der Waals surface area contributed by atoms with E-state index in [-0.39, 0.29) is 0 Å². The summed E-state index contributed by atoms with van der Waals surface area (Å²) in [6.07, 6.45) is 0. The van der Waals surface area contributed by atoms with Crippen LogP contribution in [0, 0.1) is 6.92 Å². The van der Waals surface area contributed by atoms with Gasteiger partial charge in [0.15, 0.2) is 0 Å². The van der Waals surface area contributed by atoms with E-state index in [4.69, 9.17) is 0 Å². The Morgan fingerprint density at radius 2 is 1.58 bits per heavy atom. The van der Waals surface area contributed by atoms with Crippen molar-refractivity contribution in [3.05, 3.63) is 65.2 Å². The molecule has 0 unspecified atom stereocenters. The highest BCUT2D eigenvalue weighted by molar-refractivity contribution is 5.53. The fourth-order valence-corrected chi connectivity index (χ4v) is 2.35. The molecule has 2 rings (SSSR count). The summed E-state index contributed by atoms with van der Waals surface area (Å²) >= 11 is 0. The van der Waals surface area contributed by atoms with Crippen molar-refractivity contribution < 1.29 is 0 Å². The lowest BCUT2D eigenvalue weighted by Crippen LogP contribution is -2.20. The lowest BCUT2D eigenvalue weighted by atomic mass is 10.1. The lowest BCUT2D eigenvalue weighted by Gasteiger charge is -2.23. The molecule has 0 saturated heterocycles. The van der Waals surface area contributed by atoms with Crippen molar-refractivity contribution in [3.63, 3.8) is 0 Å². The molecule has 0 aromatic heterocycles. The zero-order valence-corrected chi connectivity index (χ0v) is 12.0. The Labute approximate surface area is 116 Å². The number of para-hydroxylation sites is 1. The standard InChI is InChI=1S/C17H22N2/c1-14-8-4-5-10-16(14)13-19(3)17-11-7-6-9-15(17)12-18-2/h4-11,18H,12-13H2,1-3H3. The second-order valence-corrected chi connectivity index (χ2v) is 4.94. The summed E-state index contributed by atoms with van der Waals surface area (Å²) in [5.41, 5.74) is 5.35. The highest BCUT2D eigenvalue weighted by Crippen LogP contribution is 2.21. The smallest absolute Gasteiger partial charge is 0.0428 e. The number of nitrogens with zero attached hydrogens (tertiary/aromatic N) is 1. The van der Waals surface area contributed by atoms with Gasteiger partial charge >= 0.3 is 0 Å². The quantitative estimate of drug-likeness (QED) is 0.880. The summed E-state index contributed by atoms with van der Waals surface area (Å²) in [5, 5.41) is 3.23. The van der Waals surface area contributed by atoms with Gasteiger partial charge < -0.3 is 10.2 Å². The fourth-order valence-electron chi connectivity index (χ4n) is 2.35. The Morgan fingerprint density at radius 3 is 2.26 bits per heavy atom. The first kappa shape index (κ1) is 13.6. The third-order valence-corrected chi connectivity index (χ3v) is 3.44. The number of hydrogen-bond acceptors (Lipinski definition) is 2.